The molecule has 6 heteroatoms. The lowest BCUT2D eigenvalue weighted by atomic mass is 9.95. The van der Waals surface area contributed by atoms with Gasteiger partial charge in [-0.2, -0.15) is 0 Å². The van der Waals surface area contributed by atoms with Gasteiger partial charge in [0.2, 0.25) is 0 Å². The van der Waals surface area contributed by atoms with E-state index in [1.807, 2.05) is 64.3 Å². The Balaban J connectivity index is 2.11. The van der Waals surface area contributed by atoms with Crippen LogP contribution < -0.4 is 9.64 Å². The Hall–Kier alpha value is -3.12. The number of amides is 1. The fraction of sp³-hybridized carbons (Fsp3) is 0.360. The molecule has 0 aliphatic carbocycles. The number of quaternary nitrogens is 1. The van der Waals surface area contributed by atoms with Gasteiger partial charge in [-0.25, -0.2) is 0 Å². The zero-order valence-corrected chi connectivity index (χ0v) is 18.6. The summed E-state index contributed by atoms with van der Waals surface area (Å²) in [5.74, 6) is -0.710. The molecule has 1 aliphatic heterocycles. The first kappa shape index (κ1) is 22.6. The molecular weight excluding hydrogens is 392 g/mol. The number of benzene rings is 2. The highest BCUT2D eigenvalue weighted by atomic mass is 16.5. The van der Waals surface area contributed by atoms with Crippen molar-refractivity contribution < 1.29 is 24.3 Å². The Labute approximate surface area is 183 Å². The summed E-state index contributed by atoms with van der Waals surface area (Å²) in [5, 5.41) is 11.1. The number of carbonyl (C=O) groups is 2. The summed E-state index contributed by atoms with van der Waals surface area (Å²) in [6.45, 7) is 5.65. The number of rotatable bonds is 8. The molecule has 164 valence electrons. The highest BCUT2D eigenvalue weighted by Gasteiger charge is 2.46. The highest BCUT2D eigenvalue weighted by molar-refractivity contribution is 6.46. The van der Waals surface area contributed by atoms with Crippen LogP contribution in [0.25, 0.3) is 5.76 Å². The standard InChI is InChI=1S/C25H30N2O4/c1-5-15-31-20-8-6-7-19(16-20)22-21(23(28)18-11-9-17(2)10-12-18)24(29)25(30)27(22)14-13-26(3)4/h6-12,16,22,28H,5,13-15H2,1-4H3/p+1/t22-/m0/s1. The Morgan fingerprint density at radius 2 is 1.84 bits per heavy atom. The number of nitrogens with one attached hydrogen (secondary N) is 1. The molecule has 31 heavy (non-hydrogen) atoms. The summed E-state index contributed by atoms with van der Waals surface area (Å²) < 4.78 is 5.76. The first-order chi connectivity index (χ1) is 14.8. The van der Waals surface area contributed by atoms with Gasteiger partial charge in [0, 0.05) is 5.56 Å². The van der Waals surface area contributed by atoms with E-state index in [1.165, 1.54) is 4.90 Å². The summed E-state index contributed by atoms with van der Waals surface area (Å²) in [6, 6.07) is 14.0. The summed E-state index contributed by atoms with van der Waals surface area (Å²) in [7, 11) is 3.99. The topological polar surface area (TPSA) is 71.3 Å². The molecule has 0 saturated carbocycles. The lowest BCUT2D eigenvalue weighted by molar-refractivity contribution is -0.857. The first-order valence-corrected chi connectivity index (χ1v) is 10.7. The lowest BCUT2D eigenvalue weighted by Gasteiger charge is -2.26. The van der Waals surface area contributed by atoms with Crippen molar-refractivity contribution in [3.63, 3.8) is 0 Å². The second-order valence-electron chi connectivity index (χ2n) is 8.24. The SMILES string of the molecule is CCCOc1cccc([C@H]2C(=C(O)c3ccc(C)cc3)C(=O)C(=O)N2CC[NH+](C)C)c1. The fourth-order valence-electron chi connectivity index (χ4n) is 3.66. The molecule has 2 N–H and O–H groups in total. The molecule has 1 aliphatic rings. The molecule has 6 nitrogen and oxygen atoms in total. The fourth-order valence-corrected chi connectivity index (χ4v) is 3.66. The molecule has 0 aromatic heterocycles. The average Bonchev–Trinajstić information content (AvgIpc) is 3.01. The minimum Gasteiger partial charge on any atom is -0.507 e. The second-order valence-corrected chi connectivity index (χ2v) is 8.24. The summed E-state index contributed by atoms with van der Waals surface area (Å²) in [4.78, 5) is 28.7. The predicted molar refractivity (Wildman–Crippen MR) is 120 cm³/mol. The zero-order valence-electron chi connectivity index (χ0n) is 18.6. The smallest absolute Gasteiger partial charge is 0.295 e. The minimum absolute atomic E-state index is 0.121. The van der Waals surface area contributed by atoms with Gasteiger partial charge in [0.25, 0.3) is 11.7 Å². The van der Waals surface area contributed by atoms with Crippen LogP contribution in [0.2, 0.25) is 0 Å². The van der Waals surface area contributed by atoms with Crippen molar-refractivity contribution in [1.82, 2.24) is 4.90 Å². The van der Waals surface area contributed by atoms with Crippen molar-refractivity contribution in [3.8, 4) is 5.75 Å². The van der Waals surface area contributed by atoms with Crippen LogP contribution >= 0.6 is 0 Å². The number of likely N-dealkylation sites (tertiary alicyclic amines) is 1. The van der Waals surface area contributed by atoms with E-state index in [0.717, 1.165) is 17.5 Å². The summed E-state index contributed by atoms with van der Waals surface area (Å²) >= 11 is 0. The maximum absolute atomic E-state index is 13.0. The summed E-state index contributed by atoms with van der Waals surface area (Å²) in [5.41, 5.74) is 2.43. The van der Waals surface area contributed by atoms with Gasteiger partial charge in [-0.15, -0.1) is 0 Å². The Kier molecular flexibility index (Phi) is 7.13. The van der Waals surface area contributed by atoms with Crippen LogP contribution in [0, 0.1) is 6.92 Å². The van der Waals surface area contributed by atoms with E-state index in [1.54, 1.807) is 17.0 Å². The predicted octanol–water partition coefficient (Wildman–Crippen LogP) is 2.35. The van der Waals surface area contributed by atoms with Gasteiger partial charge in [-0.1, -0.05) is 48.9 Å². The third kappa shape index (κ3) is 4.97. The number of nitrogens with zero attached hydrogens (tertiary/aromatic N) is 1. The number of carbonyl (C=O) groups excluding carboxylic acids is 2. The molecule has 3 rings (SSSR count). The first-order valence-electron chi connectivity index (χ1n) is 10.7. The molecule has 0 radical (unpaired) electrons. The zero-order chi connectivity index (χ0) is 22.5. The number of aliphatic hydroxyl groups excluding tert-OH is 1. The third-order valence-electron chi connectivity index (χ3n) is 5.36. The quantitative estimate of drug-likeness (QED) is 0.389. The Bertz CT molecular complexity index is 979. The summed E-state index contributed by atoms with van der Waals surface area (Å²) in [6.07, 6.45) is 0.877. The van der Waals surface area contributed by atoms with Crippen molar-refractivity contribution >= 4 is 17.4 Å². The number of aryl methyl sites for hydroxylation is 1. The van der Waals surface area contributed by atoms with E-state index in [2.05, 4.69) is 0 Å². The van der Waals surface area contributed by atoms with Crippen molar-refractivity contribution in [2.75, 3.05) is 33.8 Å². The number of Topliss-reactive ketones (excluding diaryl/α,β-unsaturated/α-hetero) is 1. The van der Waals surface area contributed by atoms with E-state index >= 15 is 0 Å². The molecule has 2 aromatic carbocycles. The maximum atomic E-state index is 13.0. The van der Waals surface area contributed by atoms with Gasteiger partial charge in [-0.3, -0.25) is 9.59 Å². The van der Waals surface area contributed by atoms with Crippen molar-refractivity contribution in [3.05, 3.63) is 70.8 Å². The van der Waals surface area contributed by atoms with Crippen LogP contribution in [-0.2, 0) is 9.59 Å². The number of ketones is 1. The number of hydrogen-bond acceptors (Lipinski definition) is 4. The largest absolute Gasteiger partial charge is 0.507 e. The molecule has 1 atom stereocenters. The van der Waals surface area contributed by atoms with Gasteiger partial charge in [-0.05, 0) is 31.0 Å². The van der Waals surface area contributed by atoms with Crippen LogP contribution in [0.1, 0.15) is 36.1 Å². The lowest BCUT2D eigenvalue weighted by Crippen LogP contribution is -3.06. The third-order valence-corrected chi connectivity index (χ3v) is 5.36. The maximum Gasteiger partial charge on any atom is 0.295 e. The molecule has 0 bridgehead atoms. The monoisotopic (exact) mass is 423 g/mol. The van der Waals surface area contributed by atoms with Gasteiger partial charge in [0.15, 0.2) is 0 Å². The van der Waals surface area contributed by atoms with E-state index in [0.29, 0.717) is 31.0 Å². The molecule has 2 aromatic rings. The van der Waals surface area contributed by atoms with Crippen molar-refractivity contribution in [2.24, 2.45) is 0 Å². The normalized spacial score (nSPS) is 18.1. The van der Waals surface area contributed by atoms with Gasteiger partial charge in [0.1, 0.15) is 11.5 Å². The number of aliphatic hydroxyl groups is 1. The van der Waals surface area contributed by atoms with E-state index in [9.17, 15) is 14.7 Å². The van der Waals surface area contributed by atoms with Crippen LogP contribution in [-0.4, -0.2) is 55.5 Å². The van der Waals surface area contributed by atoms with Crippen LogP contribution in [0.3, 0.4) is 0 Å². The van der Waals surface area contributed by atoms with Gasteiger partial charge in [0.05, 0.1) is 45.4 Å². The van der Waals surface area contributed by atoms with E-state index < -0.39 is 17.7 Å². The Morgan fingerprint density at radius 3 is 2.48 bits per heavy atom. The number of likely N-dealkylation sites (N-methyl/N-ethyl adjacent to an activating group) is 1. The van der Waals surface area contributed by atoms with Crippen LogP contribution in [0.4, 0.5) is 0 Å². The molecule has 1 amide bonds. The molecule has 1 fully saturated rings. The Morgan fingerprint density at radius 1 is 1.13 bits per heavy atom. The van der Waals surface area contributed by atoms with Gasteiger partial charge >= 0.3 is 0 Å². The molecule has 0 unspecified atom stereocenters. The molecular formula is C25H31N2O4+. The van der Waals surface area contributed by atoms with E-state index in [4.69, 9.17) is 4.74 Å². The van der Waals surface area contributed by atoms with Crippen LogP contribution in [0.15, 0.2) is 54.1 Å². The highest BCUT2D eigenvalue weighted by Crippen LogP contribution is 2.40. The molecule has 0 spiro atoms. The van der Waals surface area contributed by atoms with Crippen LogP contribution in [0.5, 0.6) is 5.75 Å². The number of hydrogen-bond donors (Lipinski definition) is 2. The van der Waals surface area contributed by atoms with Gasteiger partial charge < -0.3 is 19.6 Å². The second kappa shape index (κ2) is 9.79. The van der Waals surface area contributed by atoms with Crippen molar-refractivity contribution in [1.29, 1.82) is 0 Å². The van der Waals surface area contributed by atoms with Crippen molar-refractivity contribution in [2.45, 2.75) is 26.3 Å². The van der Waals surface area contributed by atoms with E-state index in [-0.39, 0.29) is 11.3 Å². The minimum atomic E-state index is -0.661. The molecule has 1 heterocycles. The number of ether oxygens (including phenoxy) is 1. The average molecular weight is 424 g/mol. The molecule has 1 saturated heterocycles.